The van der Waals surface area contributed by atoms with E-state index < -0.39 is 0 Å². The number of nitrogens with zero attached hydrogens (tertiary/aromatic N) is 1. The van der Waals surface area contributed by atoms with Gasteiger partial charge in [0.05, 0.1) is 0 Å². The number of benzene rings is 1. The van der Waals surface area contributed by atoms with E-state index in [4.69, 9.17) is 0 Å². The van der Waals surface area contributed by atoms with E-state index in [9.17, 15) is 0 Å². The summed E-state index contributed by atoms with van der Waals surface area (Å²) in [6, 6.07) is 11.8. The van der Waals surface area contributed by atoms with E-state index in [0.717, 1.165) is 0 Å². The second-order valence-corrected chi connectivity index (χ2v) is 5.47. The number of hydrogen-bond donors (Lipinski definition) is 1. The van der Waals surface area contributed by atoms with Crippen molar-refractivity contribution in [3.8, 4) is 0 Å². The molecule has 2 aromatic rings. The fourth-order valence-electron chi connectivity index (χ4n) is 2.92. The fraction of sp³-hybridized carbons (Fsp3) is 0.353. The molecule has 19 heavy (non-hydrogen) atoms. The summed E-state index contributed by atoms with van der Waals surface area (Å²) < 4.78 is 0. The van der Waals surface area contributed by atoms with Crippen LogP contribution in [0.1, 0.15) is 47.7 Å². The summed E-state index contributed by atoms with van der Waals surface area (Å²) in [6.45, 7) is 4.38. The summed E-state index contributed by atoms with van der Waals surface area (Å²) in [5.41, 5.74) is 5.59. The van der Waals surface area contributed by atoms with Crippen molar-refractivity contribution in [1.29, 1.82) is 0 Å². The predicted octanol–water partition coefficient (Wildman–Crippen LogP) is 3.73. The molecule has 0 saturated heterocycles. The standard InChI is InChI=1S/C17H20N2/c1-12-5-6-14-7-8-17(16(14)10-12)19-13(2)15-4-3-9-18-11-15/h3-6,9-11,13,17,19H,7-8H2,1-2H3/t13-,17?/m0/s1. The Hall–Kier alpha value is -1.67. The summed E-state index contributed by atoms with van der Waals surface area (Å²) in [7, 11) is 0. The van der Waals surface area contributed by atoms with Gasteiger partial charge in [0.25, 0.3) is 0 Å². The van der Waals surface area contributed by atoms with Crippen LogP contribution in [0.3, 0.4) is 0 Å². The minimum Gasteiger partial charge on any atom is -0.303 e. The molecule has 0 aliphatic heterocycles. The Morgan fingerprint density at radius 2 is 2.21 bits per heavy atom. The van der Waals surface area contributed by atoms with Gasteiger partial charge in [0.2, 0.25) is 0 Å². The van der Waals surface area contributed by atoms with Crippen molar-refractivity contribution in [3.05, 3.63) is 65.0 Å². The van der Waals surface area contributed by atoms with Crippen molar-refractivity contribution in [2.75, 3.05) is 0 Å². The van der Waals surface area contributed by atoms with Crippen LogP contribution in [0.5, 0.6) is 0 Å². The number of pyridine rings is 1. The Morgan fingerprint density at radius 3 is 3.00 bits per heavy atom. The van der Waals surface area contributed by atoms with E-state index in [0.29, 0.717) is 12.1 Å². The molecule has 2 nitrogen and oxygen atoms in total. The van der Waals surface area contributed by atoms with Gasteiger partial charge in [0.1, 0.15) is 0 Å². The van der Waals surface area contributed by atoms with Gasteiger partial charge < -0.3 is 5.32 Å². The molecule has 0 saturated carbocycles. The molecule has 1 N–H and O–H groups in total. The van der Waals surface area contributed by atoms with E-state index in [1.165, 1.54) is 35.1 Å². The van der Waals surface area contributed by atoms with Crippen molar-refractivity contribution < 1.29 is 0 Å². The molecule has 1 aromatic heterocycles. The number of fused-ring (bicyclic) bond motifs is 1. The lowest BCUT2D eigenvalue weighted by Gasteiger charge is -2.20. The molecule has 0 fully saturated rings. The van der Waals surface area contributed by atoms with E-state index in [1.807, 2.05) is 18.5 Å². The summed E-state index contributed by atoms with van der Waals surface area (Å²) in [6.07, 6.45) is 6.16. The van der Waals surface area contributed by atoms with Crippen LogP contribution in [0.15, 0.2) is 42.7 Å². The van der Waals surface area contributed by atoms with Crippen molar-refractivity contribution in [3.63, 3.8) is 0 Å². The van der Waals surface area contributed by atoms with Gasteiger partial charge in [0.15, 0.2) is 0 Å². The van der Waals surface area contributed by atoms with Crippen molar-refractivity contribution in [2.24, 2.45) is 0 Å². The maximum Gasteiger partial charge on any atom is 0.0331 e. The normalized spacial score (nSPS) is 19.2. The van der Waals surface area contributed by atoms with Gasteiger partial charge in [0, 0.05) is 24.5 Å². The third kappa shape index (κ3) is 2.54. The molecule has 98 valence electrons. The van der Waals surface area contributed by atoms with Crippen LogP contribution in [0.4, 0.5) is 0 Å². The fourth-order valence-corrected chi connectivity index (χ4v) is 2.92. The van der Waals surface area contributed by atoms with Gasteiger partial charge >= 0.3 is 0 Å². The molecule has 2 atom stereocenters. The zero-order chi connectivity index (χ0) is 13.2. The van der Waals surface area contributed by atoms with E-state index in [-0.39, 0.29) is 0 Å². The molecule has 1 aliphatic rings. The molecule has 3 rings (SSSR count). The van der Waals surface area contributed by atoms with Crippen molar-refractivity contribution >= 4 is 0 Å². The van der Waals surface area contributed by atoms with Crippen LogP contribution in [0, 0.1) is 6.92 Å². The maximum absolute atomic E-state index is 4.20. The van der Waals surface area contributed by atoms with Gasteiger partial charge in [-0.3, -0.25) is 4.98 Å². The first-order valence-electron chi connectivity index (χ1n) is 6.99. The Bertz CT molecular complexity index is 563. The molecule has 0 bridgehead atoms. The second kappa shape index (κ2) is 5.14. The second-order valence-electron chi connectivity index (χ2n) is 5.47. The number of aryl methyl sites for hydroxylation is 2. The monoisotopic (exact) mass is 252 g/mol. The van der Waals surface area contributed by atoms with Crippen LogP contribution < -0.4 is 5.32 Å². The summed E-state index contributed by atoms with van der Waals surface area (Å²) in [5, 5.41) is 3.74. The molecule has 2 heteroatoms. The van der Waals surface area contributed by atoms with Crippen LogP contribution in [-0.4, -0.2) is 4.98 Å². The molecule has 0 spiro atoms. The molecule has 0 amide bonds. The van der Waals surface area contributed by atoms with Crippen molar-refractivity contribution in [1.82, 2.24) is 10.3 Å². The quantitative estimate of drug-likeness (QED) is 0.900. The molecule has 1 aromatic carbocycles. The highest BCUT2D eigenvalue weighted by Crippen LogP contribution is 2.33. The molecular formula is C17H20N2. The number of aromatic nitrogens is 1. The zero-order valence-electron chi connectivity index (χ0n) is 11.6. The highest BCUT2D eigenvalue weighted by molar-refractivity contribution is 5.37. The summed E-state index contributed by atoms with van der Waals surface area (Å²) in [4.78, 5) is 4.20. The smallest absolute Gasteiger partial charge is 0.0331 e. The lowest BCUT2D eigenvalue weighted by molar-refractivity contribution is 0.464. The lowest BCUT2D eigenvalue weighted by Crippen LogP contribution is -2.23. The van der Waals surface area contributed by atoms with Crippen LogP contribution >= 0.6 is 0 Å². The average molecular weight is 252 g/mol. The largest absolute Gasteiger partial charge is 0.303 e. The SMILES string of the molecule is Cc1ccc2c(c1)C(N[C@@H](C)c1cccnc1)CC2. The van der Waals surface area contributed by atoms with Crippen LogP contribution in [-0.2, 0) is 6.42 Å². The van der Waals surface area contributed by atoms with Gasteiger partial charge in [-0.25, -0.2) is 0 Å². The Labute approximate surface area is 114 Å². The van der Waals surface area contributed by atoms with Gasteiger partial charge in [-0.2, -0.15) is 0 Å². The minimum atomic E-state index is 0.338. The van der Waals surface area contributed by atoms with E-state index >= 15 is 0 Å². The molecule has 1 unspecified atom stereocenters. The highest BCUT2D eigenvalue weighted by Gasteiger charge is 2.23. The third-order valence-electron chi connectivity index (χ3n) is 4.01. The average Bonchev–Trinajstić information content (AvgIpc) is 2.82. The molecule has 1 heterocycles. The first-order valence-corrected chi connectivity index (χ1v) is 6.99. The van der Waals surface area contributed by atoms with E-state index in [2.05, 4.69) is 48.4 Å². The Balaban J connectivity index is 1.78. The highest BCUT2D eigenvalue weighted by atomic mass is 15.0. The van der Waals surface area contributed by atoms with Crippen LogP contribution in [0.2, 0.25) is 0 Å². The number of rotatable bonds is 3. The maximum atomic E-state index is 4.20. The van der Waals surface area contributed by atoms with Gasteiger partial charge in [-0.05, 0) is 49.4 Å². The van der Waals surface area contributed by atoms with Crippen LogP contribution in [0.25, 0.3) is 0 Å². The first kappa shape index (κ1) is 12.4. The molecular weight excluding hydrogens is 232 g/mol. The Morgan fingerprint density at radius 1 is 1.32 bits per heavy atom. The first-order chi connectivity index (χ1) is 9.24. The molecule has 1 aliphatic carbocycles. The van der Waals surface area contributed by atoms with Gasteiger partial charge in [-0.1, -0.05) is 29.8 Å². The number of hydrogen-bond acceptors (Lipinski definition) is 2. The third-order valence-corrected chi connectivity index (χ3v) is 4.01. The summed E-state index contributed by atoms with van der Waals surface area (Å²) >= 11 is 0. The lowest BCUT2D eigenvalue weighted by atomic mass is 10.0. The zero-order valence-corrected chi connectivity index (χ0v) is 11.6. The minimum absolute atomic E-state index is 0.338. The predicted molar refractivity (Wildman–Crippen MR) is 78.0 cm³/mol. The van der Waals surface area contributed by atoms with E-state index in [1.54, 1.807) is 0 Å². The van der Waals surface area contributed by atoms with Gasteiger partial charge in [-0.15, -0.1) is 0 Å². The van der Waals surface area contributed by atoms with Crippen molar-refractivity contribution in [2.45, 2.75) is 38.8 Å². The number of nitrogens with one attached hydrogen (secondary N) is 1. The molecule has 0 radical (unpaired) electrons. The Kier molecular flexibility index (Phi) is 3.34. The topological polar surface area (TPSA) is 24.9 Å². The summed E-state index contributed by atoms with van der Waals surface area (Å²) in [5.74, 6) is 0.